The summed E-state index contributed by atoms with van der Waals surface area (Å²) in [6, 6.07) is 23.5. The molecule has 6 nitrogen and oxygen atoms in total. The van der Waals surface area contributed by atoms with Gasteiger partial charge in [0.1, 0.15) is 28.2 Å². The van der Waals surface area contributed by atoms with Crippen molar-refractivity contribution < 1.29 is 18.7 Å². The Bertz CT molecular complexity index is 1270. The van der Waals surface area contributed by atoms with Gasteiger partial charge in [-0.2, -0.15) is 5.26 Å². The maximum absolute atomic E-state index is 13.4. The molecule has 170 valence electrons. The molecule has 0 saturated carbocycles. The number of benzene rings is 3. The molecule has 2 amide bonds. The van der Waals surface area contributed by atoms with Crippen molar-refractivity contribution in [3.05, 3.63) is 101 Å². The van der Waals surface area contributed by atoms with E-state index in [9.17, 15) is 19.2 Å². The minimum Gasteiger partial charge on any atom is -0.497 e. The van der Waals surface area contributed by atoms with Crippen LogP contribution < -0.4 is 15.0 Å². The van der Waals surface area contributed by atoms with E-state index in [0.29, 0.717) is 23.5 Å². The summed E-state index contributed by atoms with van der Waals surface area (Å²) in [5, 5.41) is 12.3. The molecule has 1 aliphatic rings. The average Bonchev–Trinajstić information content (AvgIpc) is 3.17. The van der Waals surface area contributed by atoms with E-state index in [4.69, 9.17) is 4.74 Å². The number of thioether (sulfide) groups is 1. The zero-order valence-corrected chi connectivity index (χ0v) is 19.0. The van der Waals surface area contributed by atoms with Crippen LogP contribution in [-0.2, 0) is 16.0 Å². The molecular weight excluding hydrogens is 453 g/mol. The van der Waals surface area contributed by atoms with Gasteiger partial charge < -0.3 is 10.1 Å². The number of carbonyl (C=O) groups is 2. The van der Waals surface area contributed by atoms with Crippen LogP contribution in [0, 0.1) is 17.1 Å². The van der Waals surface area contributed by atoms with Crippen molar-refractivity contribution in [3.8, 4) is 11.8 Å². The number of nitrogens with one attached hydrogen (secondary N) is 1. The SMILES string of the molecule is COc1ccc(NC(=O)/C(C#N)=C2\SC(Cc3ccc(F)cc3)C(=O)N2c2ccccc2)cc1. The van der Waals surface area contributed by atoms with E-state index in [2.05, 4.69) is 5.32 Å². The third-order valence-corrected chi connectivity index (χ3v) is 6.46. The molecule has 1 heterocycles. The summed E-state index contributed by atoms with van der Waals surface area (Å²) in [5.41, 5.74) is 1.66. The average molecular weight is 474 g/mol. The highest BCUT2D eigenvalue weighted by Crippen LogP contribution is 2.42. The fourth-order valence-electron chi connectivity index (χ4n) is 3.50. The lowest BCUT2D eigenvalue weighted by molar-refractivity contribution is -0.117. The monoisotopic (exact) mass is 473 g/mol. The van der Waals surface area contributed by atoms with Crippen molar-refractivity contribution in [1.29, 1.82) is 5.26 Å². The van der Waals surface area contributed by atoms with E-state index in [1.54, 1.807) is 67.8 Å². The molecule has 1 unspecified atom stereocenters. The van der Waals surface area contributed by atoms with Gasteiger partial charge in [-0.05, 0) is 60.5 Å². The third-order valence-electron chi connectivity index (χ3n) is 5.20. The molecule has 1 atom stereocenters. The lowest BCUT2D eigenvalue weighted by atomic mass is 10.1. The Labute approximate surface area is 200 Å². The lowest BCUT2D eigenvalue weighted by Crippen LogP contribution is -2.30. The molecule has 1 saturated heterocycles. The van der Waals surface area contributed by atoms with Gasteiger partial charge in [-0.15, -0.1) is 0 Å². The van der Waals surface area contributed by atoms with Crippen LogP contribution >= 0.6 is 11.8 Å². The maximum Gasteiger partial charge on any atom is 0.269 e. The highest BCUT2D eigenvalue weighted by molar-refractivity contribution is 8.05. The summed E-state index contributed by atoms with van der Waals surface area (Å²) in [6.07, 6.45) is 0.329. The Morgan fingerprint density at radius 3 is 2.38 bits per heavy atom. The molecule has 0 aromatic heterocycles. The number of para-hydroxylation sites is 1. The van der Waals surface area contributed by atoms with Crippen molar-refractivity contribution in [2.75, 3.05) is 17.3 Å². The summed E-state index contributed by atoms with van der Waals surface area (Å²) in [7, 11) is 1.54. The van der Waals surface area contributed by atoms with Gasteiger partial charge in [-0.3, -0.25) is 14.5 Å². The van der Waals surface area contributed by atoms with E-state index in [-0.39, 0.29) is 22.3 Å². The predicted molar refractivity (Wildman–Crippen MR) is 130 cm³/mol. The van der Waals surface area contributed by atoms with Crippen molar-refractivity contribution in [2.45, 2.75) is 11.7 Å². The number of nitrogens with zero attached hydrogens (tertiary/aromatic N) is 2. The second-order valence-electron chi connectivity index (χ2n) is 7.42. The molecule has 0 aliphatic carbocycles. The zero-order valence-electron chi connectivity index (χ0n) is 18.2. The van der Waals surface area contributed by atoms with E-state index in [0.717, 1.165) is 17.3 Å². The molecular formula is C26H20FN3O3S. The molecule has 0 spiro atoms. The number of ether oxygens (including phenoxy) is 1. The highest BCUT2D eigenvalue weighted by atomic mass is 32.2. The topological polar surface area (TPSA) is 82.4 Å². The molecule has 0 bridgehead atoms. The van der Waals surface area contributed by atoms with Gasteiger partial charge in [0.05, 0.1) is 12.4 Å². The molecule has 8 heteroatoms. The summed E-state index contributed by atoms with van der Waals surface area (Å²) >= 11 is 1.16. The highest BCUT2D eigenvalue weighted by Gasteiger charge is 2.40. The molecule has 0 radical (unpaired) electrons. The Kier molecular flexibility index (Phi) is 6.95. The van der Waals surface area contributed by atoms with E-state index in [1.165, 1.54) is 17.0 Å². The van der Waals surface area contributed by atoms with Gasteiger partial charge in [-0.25, -0.2) is 4.39 Å². The number of amides is 2. The first-order chi connectivity index (χ1) is 16.5. The second kappa shape index (κ2) is 10.2. The van der Waals surface area contributed by atoms with E-state index in [1.807, 2.05) is 12.1 Å². The van der Waals surface area contributed by atoms with Gasteiger partial charge >= 0.3 is 0 Å². The first-order valence-electron chi connectivity index (χ1n) is 10.4. The van der Waals surface area contributed by atoms with Crippen molar-refractivity contribution in [1.82, 2.24) is 0 Å². The quantitative estimate of drug-likeness (QED) is 0.407. The van der Waals surface area contributed by atoms with Crippen LogP contribution in [0.1, 0.15) is 5.56 Å². The van der Waals surface area contributed by atoms with Crippen LogP contribution in [0.4, 0.5) is 15.8 Å². The molecule has 1 fully saturated rings. The van der Waals surface area contributed by atoms with Gasteiger partial charge in [0.2, 0.25) is 5.91 Å². The molecule has 1 aliphatic heterocycles. The summed E-state index contributed by atoms with van der Waals surface area (Å²) in [5.74, 6) is -0.595. The first-order valence-corrected chi connectivity index (χ1v) is 11.3. The van der Waals surface area contributed by atoms with Gasteiger partial charge in [0.25, 0.3) is 5.91 Å². The van der Waals surface area contributed by atoms with Crippen LogP contribution in [0.2, 0.25) is 0 Å². The number of nitriles is 1. The standard InChI is InChI=1S/C26H20FN3O3S/c1-33-21-13-11-19(12-14-21)29-24(31)22(16-28)26-30(20-5-3-2-4-6-20)25(32)23(34-26)15-17-7-9-18(27)10-8-17/h2-14,23H,15H2,1H3,(H,29,31)/b26-22-. The van der Waals surface area contributed by atoms with Crippen LogP contribution in [0.5, 0.6) is 5.75 Å². The number of carbonyl (C=O) groups excluding carboxylic acids is 2. The Morgan fingerprint density at radius 1 is 1.09 bits per heavy atom. The Balaban J connectivity index is 1.68. The lowest BCUT2D eigenvalue weighted by Gasteiger charge is -2.18. The molecule has 1 N–H and O–H groups in total. The fourth-order valence-corrected chi connectivity index (χ4v) is 4.81. The number of methoxy groups -OCH3 is 1. The molecule has 34 heavy (non-hydrogen) atoms. The number of anilines is 2. The summed E-state index contributed by atoms with van der Waals surface area (Å²) < 4.78 is 18.4. The normalized spacial score (nSPS) is 16.7. The van der Waals surface area contributed by atoms with Crippen molar-refractivity contribution in [3.63, 3.8) is 0 Å². The number of halogens is 1. The molecule has 3 aromatic rings. The fraction of sp³-hybridized carbons (Fsp3) is 0.115. The zero-order chi connectivity index (χ0) is 24.1. The molecule has 3 aromatic carbocycles. The number of rotatable bonds is 6. The summed E-state index contributed by atoms with van der Waals surface area (Å²) in [4.78, 5) is 27.9. The van der Waals surface area contributed by atoms with Crippen molar-refractivity contribution in [2.24, 2.45) is 0 Å². The van der Waals surface area contributed by atoms with Crippen LogP contribution in [0.15, 0.2) is 89.5 Å². The van der Waals surface area contributed by atoms with E-state index >= 15 is 0 Å². The van der Waals surface area contributed by atoms with Gasteiger partial charge in [0.15, 0.2) is 0 Å². The molecule has 4 rings (SSSR count). The smallest absolute Gasteiger partial charge is 0.269 e. The largest absolute Gasteiger partial charge is 0.497 e. The Morgan fingerprint density at radius 2 is 1.76 bits per heavy atom. The maximum atomic E-state index is 13.4. The van der Waals surface area contributed by atoms with Crippen LogP contribution in [-0.4, -0.2) is 24.2 Å². The van der Waals surface area contributed by atoms with Gasteiger partial charge in [-0.1, -0.05) is 42.1 Å². The van der Waals surface area contributed by atoms with Crippen molar-refractivity contribution >= 4 is 35.0 Å². The number of hydrogen-bond donors (Lipinski definition) is 1. The predicted octanol–water partition coefficient (Wildman–Crippen LogP) is 4.90. The second-order valence-corrected chi connectivity index (χ2v) is 8.61. The third kappa shape index (κ3) is 4.95. The van der Waals surface area contributed by atoms with Gasteiger partial charge in [0, 0.05) is 11.4 Å². The van der Waals surface area contributed by atoms with Crippen LogP contribution in [0.25, 0.3) is 0 Å². The first kappa shape index (κ1) is 23.1. The minimum atomic E-state index is -0.619. The van der Waals surface area contributed by atoms with E-state index < -0.39 is 11.2 Å². The van der Waals surface area contributed by atoms with Crippen LogP contribution in [0.3, 0.4) is 0 Å². The Hall–Kier alpha value is -4.09. The summed E-state index contributed by atoms with van der Waals surface area (Å²) in [6.45, 7) is 0. The number of hydrogen-bond acceptors (Lipinski definition) is 5. The minimum absolute atomic E-state index is 0.167.